The fourth-order valence-corrected chi connectivity index (χ4v) is 3.62. The van der Waals surface area contributed by atoms with Gasteiger partial charge in [0.1, 0.15) is 0 Å². The van der Waals surface area contributed by atoms with Gasteiger partial charge in [-0.1, -0.05) is 35.9 Å². The molecular formula is C22H21N5O3S. The van der Waals surface area contributed by atoms with Crippen molar-refractivity contribution >= 4 is 34.8 Å². The molecule has 1 atom stereocenters. The molecule has 0 bridgehead atoms. The second-order valence-electron chi connectivity index (χ2n) is 6.85. The number of Topliss-reactive ketones (excluding diaryl/α,β-unsaturated/α-hetero) is 1. The molecule has 8 nitrogen and oxygen atoms in total. The quantitative estimate of drug-likeness (QED) is 0.250. The Kier molecular flexibility index (Phi) is 6.76. The van der Waals surface area contributed by atoms with Crippen LogP contribution < -0.4 is 10.9 Å². The number of nitrogens with zero attached hydrogens (tertiary/aromatic N) is 3. The number of rotatable bonds is 7. The third kappa shape index (κ3) is 5.52. The lowest BCUT2D eigenvalue weighted by molar-refractivity contribution is -0.127. The van der Waals surface area contributed by atoms with E-state index in [9.17, 15) is 14.4 Å². The third-order valence-electron chi connectivity index (χ3n) is 4.25. The minimum absolute atomic E-state index is 0.0891. The number of nitrogens with one attached hydrogen (secondary N) is 2. The molecule has 0 aliphatic rings. The highest BCUT2D eigenvalue weighted by molar-refractivity contribution is 8.02. The van der Waals surface area contributed by atoms with Crippen LogP contribution >= 0.6 is 11.8 Å². The Bertz CT molecular complexity index is 1180. The van der Waals surface area contributed by atoms with E-state index >= 15 is 0 Å². The number of benzene rings is 2. The maximum absolute atomic E-state index is 13.3. The van der Waals surface area contributed by atoms with E-state index in [1.165, 1.54) is 13.0 Å². The number of hydrogen-bond acceptors (Lipinski definition) is 7. The normalized spacial score (nSPS) is 13.0. The van der Waals surface area contributed by atoms with Gasteiger partial charge in [-0.3, -0.25) is 14.4 Å². The molecule has 1 amide bonds. The molecule has 158 valence electrons. The number of aromatic amines is 1. The van der Waals surface area contributed by atoms with Crippen LogP contribution in [0.2, 0.25) is 0 Å². The highest BCUT2D eigenvalue weighted by Crippen LogP contribution is 2.36. The van der Waals surface area contributed by atoms with E-state index < -0.39 is 22.1 Å². The monoisotopic (exact) mass is 435 g/mol. The number of amides is 1. The average Bonchev–Trinajstić information content (AvgIpc) is 2.72. The summed E-state index contributed by atoms with van der Waals surface area (Å²) in [6.07, 6.45) is 0. The number of carbonyl (C=O) groups excluding carboxylic acids is 2. The molecule has 0 aliphatic heterocycles. The zero-order chi connectivity index (χ0) is 22.4. The highest BCUT2D eigenvalue weighted by atomic mass is 32.2. The fourth-order valence-electron chi connectivity index (χ4n) is 2.63. The van der Waals surface area contributed by atoms with Crippen LogP contribution in [0.1, 0.15) is 18.2 Å². The zero-order valence-electron chi connectivity index (χ0n) is 17.2. The van der Waals surface area contributed by atoms with Gasteiger partial charge in [-0.15, -0.1) is 0 Å². The topological polar surface area (TPSA) is 117 Å². The van der Waals surface area contributed by atoms with Crippen molar-refractivity contribution in [1.29, 1.82) is 0 Å². The predicted molar refractivity (Wildman–Crippen MR) is 120 cm³/mol. The number of azo groups is 1. The predicted octanol–water partition coefficient (Wildman–Crippen LogP) is 4.19. The molecule has 0 saturated heterocycles. The Labute approximate surface area is 183 Å². The number of ketones is 1. The van der Waals surface area contributed by atoms with E-state index in [0.717, 1.165) is 17.3 Å². The number of hydrogen-bond donors (Lipinski definition) is 2. The summed E-state index contributed by atoms with van der Waals surface area (Å²) in [5.74, 6) is -1.26. The maximum atomic E-state index is 13.3. The Morgan fingerprint density at radius 2 is 1.74 bits per heavy atom. The lowest BCUT2D eigenvalue weighted by Crippen LogP contribution is -2.44. The standard InChI is InChI=1S/C22H21N5O3S/c1-14-9-11-18(12-10-14)26-27-22(16(3)28,20(30)24-17-7-5-4-6-8-17)31-21-23-15(2)13-19(29)25-21/h4-13H,1-3H3,(H,24,30)(H,23,25,29). The van der Waals surface area contributed by atoms with E-state index in [4.69, 9.17) is 0 Å². The van der Waals surface area contributed by atoms with Crippen LogP contribution in [0, 0.1) is 13.8 Å². The van der Waals surface area contributed by atoms with Gasteiger partial charge in [-0.2, -0.15) is 10.2 Å². The molecule has 1 aromatic heterocycles. The van der Waals surface area contributed by atoms with Gasteiger partial charge in [-0.25, -0.2) is 4.98 Å². The highest BCUT2D eigenvalue weighted by Gasteiger charge is 2.46. The summed E-state index contributed by atoms with van der Waals surface area (Å²) in [7, 11) is 0. The Morgan fingerprint density at radius 3 is 2.35 bits per heavy atom. The Morgan fingerprint density at radius 1 is 1.06 bits per heavy atom. The Hall–Kier alpha value is -3.59. The van der Waals surface area contributed by atoms with Crippen molar-refractivity contribution in [2.24, 2.45) is 10.2 Å². The van der Waals surface area contributed by atoms with E-state index in [0.29, 0.717) is 17.1 Å². The van der Waals surface area contributed by atoms with Crippen LogP contribution in [-0.2, 0) is 9.59 Å². The molecule has 1 unspecified atom stereocenters. The second-order valence-corrected chi connectivity index (χ2v) is 8.03. The molecule has 9 heteroatoms. The van der Waals surface area contributed by atoms with Gasteiger partial charge >= 0.3 is 0 Å². The molecule has 2 aromatic carbocycles. The second kappa shape index (κ2) is 9.48. The van der Waals surface area contributed by atoms with Crippen LogP contribution in [0.3, 0.4) is 0 Å². The van der Waals surface area contributed by atoms with Gasteiger partial charge in [0, 0.05) is 17.4 Å². The summed E-state index contributed by atoms with van der Waals surface area (Å²) in [6.45, 7) is 4.83. The lowest BCUT2D eigenvalue weighted by Gasteiger charge is -2.23. The van der Waals surface area contributed by atoms with Crippen LogP contribution in [0.25, 0.3) is 0 Å². The molecule has 0 radical (unpaired) electrons. The molecule has 0 spiro atoms. The molecule has 3 aromatic rings. The molecular weight excluding hydrogens is 414 g/mol. The fraction of sp³-hybridized carbons (Fsp3) is 0.182. The smallest absolute Gasteiger partial charge is 0.273 e. The van der Waals surface area contributed by atoms with Crippen molar-refractivity contribution in [1.82, 2.24) is 9.97 Å². The third-order valence-corrected chi connectivity index (χ3v) is 5.49. The summed E-state index contributed by atoms with van der Waals surface area (Å²) < 4.78 is 0. The van der Waals surface area contributed by atoms with Crippen LogP contribution in [-0.4, -0.2) is 26.5 Å². The molecule has 3 rings (SSSR count). The minimum Gasteiger partial charge on any atom is -0.323 e. The first-order valence-electron chi connectivity index (χ1n) is 9.42. The average molecular weight is 436 g/mol. The summed E-state index contributed by atoms with van der Waals surface area (Å²) in [5.41, 5.74) is 2.06. The molecule has 1 heterocycles. The van der Waals surface area contributed by atoms with Crippen molar-refractivity contribution in [3.8, 4) is 0 Å². The van der Waals surface area contributed by atoms with Gasteiger partial charge in [0.15, 0.2) is 10.9 Å². The van der Waals surface area contributed by atoms with E-state index in [-0.39, 0.29) is 5.16 Å². The van der Waals surface area contributed by atoms with Crippen molar-refractivity contribution in [2.75, 3.05) is 5.32 Å². The number of anilines is 1. The number of H-pyrrole nitrogens is 1. The SMILES string of the molecule is CC(=O)C(N=Nc1ccc(C)cc1)(Sc1nc(C)cc(=O)[nH]1)C(=O)Nc1ccccc1. The molecule has 0 saturated carbocycles. The van der Waals surface area contributed by atoms with E-state index in [2.05, 4.69) is 25.5 Å². The van der Waals surface area contributed by atoms with Gasteiger partial charge in [0.2, 0.25) is 0 Å². The summed E-state index contributed by atoms with van der Waals surface area (Å²) in [4.78, 5) is 42.8. The van der Waals surface area contributed by atoms with Crippen molar-refractivity contribution in [2.45, 2.75) is 30.8 Å². The van der Waals surface area contributed by atoms with Crippen LogP contribution in [0.5, 0.6) is 0 Å². The zero-order valence-corrected chi connectivity index (χ0v) is 18.1. The van der Waals surface area contributed by atoms with Gasteiger partial charge in [0.05, 0.1) is 5.69 Å². The maximum Gasteiger partial charge on any atom is 0.273 e. The van der Waals surface area contributed by atoms with Gasteiger partial charge in [0.25, 0.3) is 16.3 Å². The number of aromatic nitrogens is 2. The van der Waals surface area contributed by atoms with Crippen LogP contribution in [0.4, 0.5) is 11.4 Å². The van der Waals surface area contributed by atoms with Crippen LogP contribution in [0.15, 0.2) is 80.8 Å². The molecule has 2 N–H and O–H groups in total. The number of carbonyl (C=O) groups is 2. The number of aryl methyl sites for hydroxylation is 2. The van der Waals surface area contributed by atoms with Crippen molar-refractivity contribution in [3.63, 3.8) is 0 Å². The summed E-state index contributed by atoms with van der Waals surface area (Å²) >= 11 is 0.734. The number of thioether (sulfide) groups is 1. The number of para-hydroxylation sites is 1. The van der Waals surface area contributed by atoms with Gasteiger partial charge in [-0.05, 0) is 56.8 Å². The molecule has 31 heavy (non-hydrogen) atoms. The van der Waals surface area contributed by atoms with Crippen molar-refractivity contribution in [3.05, 3.63) is 82.3 Å². The molecule has 0 fully saturated rings. The van der Waals surface area contributed by atoms with E-state index in [1.54, 1.807) is 49.4 Å². The first kappa shape index (κ1) is 22.1. The van der Waals surface area contributed by atoms with E-state index in [1.807, 2.05) is 19.1 Å². The van der Waals surface area contributed by atoms with Gasteiger partial charge < -0.3 is 10.3 Å². The van der Waals surface area contributed by atoms with Crippen molar-refractivity contribution < 1.29 is 9.59 Å². The first-order valence-corrected chi connectivity index (χ1v) is 10.2. The minimum atomic E-state index is -2.00. The summed E-state index contributed by atoms with van der Waals surface area (Å²) in [5, 5.41) is 11.1. The Balaban J connectivity index is 2.06. The summed E-state index contributed by atoms with van der Waals surface area (Å²) in [6, 6.07) is 17.2. The lowest BCUT2D eigenvalue weighted by atomic mass is 10.2. The largest absolute Gasteiger partial charge is 0.323 e. The molecule has 0 aliphatic carbocycles. The first-order chi connectivity index (χ1) is 14.8.